The number of benzene rings is 1. The van der Waals surface area contributed by atoms with E-state index in [-0.39, 0.29) is 0 Å². The van der Waals surface area contributed by atoms with Gasteiger partial charge in [0, 0.05) is 22.9 Å². The molecule has 0 fully saturated rings. The third-order valence-corrected chi connectivity index (χ3v) is 3.28. The van der Waals surface area contributed by atoms with Gasteiger partial charge in [-0.25, -0.2) is 4.98 Å². The molecule has 0 bridgehead atoms. The normalized spacial score (nSPS) is 10.6. The van der Waals surface area contributed by atoms with Gasteiger partial charge >= 0.3 is 0 Å². The number of nitrogens with zero attached hydrogens (tertiary/aromatic N) is 2. The fraction of sp³-hybridized carbons (Fsp3) is 0.357. The van der Waals surface area contributed by atoms with Gasteiger partial charge in [0.1, 0.15) is 0 Å². The van der Waals surface area contributed by atoms with Crippen LogP contribution >= 0.6 is 15.9 Å². The topological polar surface area (TPSA) is 29.9 Å². The third-order valence-electron chi connectivity index (χ3n) is 2.75. The van der Waals surface area contributed by atoms with Gasteiger partial charge in [-0.3, -0.25) is 0 Å². The summed E-state index contributed by atoms with van der Waals surface area (Å²) in [5.74, 6) is 0.920. The van der Waals surface area contributed by atoms with Gasteiger partial charge < -0.3 is 9.88 Å². The molecule has 0 saturated carbocycles. The summed E-state index contributed by atoms with van der Waals surface area (Å²) in [6.45, 7) is 5.23. The van der Waals surface area contributed by atoms with Crippen LogP contribution in [-0.4, -0.2) is 9.55 Å². The molecule has 0 unspecified atom stereocenters. The lowest BCUT2D eigenvalue weighted by atomic mass is 10.3. The third kappa shape index (κ3) is 3.35. The highest BCUT2D eigenvalue weighted by molar-refractivity contribution is 9.10. The van der Waals surface area contributed by atoms with Crippen molar-refractivity contribution < 1.29 is 0 Å². The van der Waals surface area contributed by atoms with Crippen LogP contribution in [0.2, 0.25) is 0 Å². The predicted octanol–water partition coefficient (Wildman–Crippen LogP) is 4.50. The van der Waals surface area contributed by atoms with Gasteiger partial charge in [0.2, 0.25) is 5.95 Å². The molecule has 4 heteroatoms. The first-order chi connectivity index (χ1) is 8.69. The highest BCUT2D eigenvalue weighted by Crippen LogP contribution is 2.19. The molecule has 1 aromatic heterocycles. The fourth-order valence-electron chi connectivity index (χ4n) is 1.81. The lowest BCUT2D eigenvalue weighted by molar-refractivity contribution is 0.637. The summed E-state index contributed by atoms with van der Waals surface area (Å²) in [6, 6.07) is 8.12. The minimum atomic E-state index is 0.920. The molecule has 96 valence electrons. The summed E-state index contributed by atoms with van der Waals surface area (Å²) < 4.78 is 3.26. The Hall–Kier alpha value is -1.29. The molecule has 3 nitrogen and oxygen atoms in total. The van der Waals surface area contributed by atoms with Crippen molar-refractivity contribution in [1.82, 2.24) is 9.55 Å². The SMILES string of the molecule is CCCCn1cc(C)nc1Nc1ccc(Br)cc1. The van der Waals surface area contributed by atoms with E-state index in [1.807, 2.05) is 31.2 Å². The smallest absolute Gasteiger partial charge is 0.207 e. The monoisotopic (exact) mass is 307 g/mol. The second kappa shape index (κ2) is 6.05. The van der Waals surface area contributed by atoms with Crippen LogP contribution in [0.1, 0.15) is 25.5 Å². The number of aromatic nitrogens is 2. The van der Waals surface area contributed by atoms with Crippen LogP contribution in [0, 0.1) is 6.92 Å². The van der Waals surface area contributed by atoms with Crippen LogP contribution < -0.4 is 5.32 Å². The number of hydrogen-bond donors (Lipinski definition) is 1. The molecule has 0 aliphatic rings. The molecule has 0 amide bonds. The molecule has 1 aromatic carbocycles. The molecule has 0 atom stereocenters. The minimum absolute atomic E-state index is 0.920. The average Bonchev–Trinajstić information content (AvgIpc) is 2.70. The summed E-state index contributed by atoms with van der Waals surface area (Å²) in [4.78, 5) is 4.52. The first kappa shape index (κ1) is 13.1. The van der Waals surface area contributed by atoms with Crippen LogP contribution in [-0.2, 0) is 6.54 Å². The quantitative estimate of drug-likeness (QED) is 0.881. The Morgan fingerprint density at radius 2 is 2.00 bits per heavy atom. The van der Waals surface area contributed by atoms with Crippen molar-refractivity contribution in [3.05, 3.63) is 40.6 Å². The predicted molar refractivity (Wildman–Crippen MR) is 79.3 cm³/mol. The summed E-state index contributed by atoms with van der Waals surface area (Å²) in [5.41, 5.74) is 2.10. The van der Waals surface area contributed by atoms with E-state index in [1.165, 1.54) is 12.8 Å². The molecule has 18 heavy (non-hydrogen) atoms. The van der Waals surface area contributed by atoms with E-state index in [0.717, 1.165) is 28.3 Å². The Morgan fingerprint density at radius 3 is 2.67 bits per heavy atom. The van der Waals surface area contributed by atoms with Gasteiger partial charge in [0.05, 0.1) is 5.69 Å². The molecule has 2 rings (SSSR count). The first-order valence-corrected chi connectivity index (χ1v) is 7.04. The van der Waals surface area contributed by atoms with Crippen molar-refractivity contribution >= 4 is 27.6 Å². The Balaban J connectivity index is 2.14. The molecule has 2 aromatic rings. The van der Waals surface area contributed by atoms with Crippen LogP contribution in [0.3, 0.4) is 0 Å². The van der Waals surface area contributed by atoms with Crippen molar-refractivity contribution in [2.24, 2.45) is 0 Å². The zero-order valence-electron chi connectivity index (χ0n) is 10.8. The van der Waals surface area contributed by atoms with Crippen molar-refractivity contribution in [3.63, 3.8) is 0 Å². The second-order valence-electron chi connectivity index (χ2n) is 4.38. The standard InChI is InChI=1S/C14H18BrN3/c1-3-4-9-18-10-11(2)16-14(18)17-13-7-5-12(15)6-8-13/h5-8,10H,3-4,9H2,1-2H3,(H,16,17). The number of nitrogens with one attached hydrogen (secondary N) is 1. The average molecular weight is 308 g/mol. The molecule has 0 aliphatic carbocycles. The molecule has 0 spiro atoms. The van der Waals surface area contributed by atoms with Crippen LogP contribution in [0.15, 0.2) is 34.9 Å². The summed E-state index contributed by atoms with van der Waals surface area (Å²) in [7, 11) is 0. The van der Waals surface area contributed by atoms with E-state index in [2.05, 4.69) is 43.9 Å². The Bertz CT molecular complexity index is 502. The van der Waals surface area contributed by atoms with Crippen LogP contribution in [0.25, 0.3) is 0 Å². The highest BCUT2D eigenvalue weighted by Gasteiger charge is 2.05. The number of halogens is 1. The minimum Gasteiger partial charge on any atom is -0.326 e. The maximum atomic E-state index is 4.52. The Labute approximate surface area is 116 Å². The first-order valence-electron chi connectivity index (χ1n) is 6.25. The Morgan fingerprint density at radius 1 is 1.28 bits per heavy atom. The molecule has 0 aliphatic heterocycles. The number of rotatable bonds is 5. The lowest BCUT2D eigenvalue weighted by Gasteiger charge is -2.09. The van der Waals surface area contributed by atoms with E-state index >= 15 is 0 Å². The molecule has 0 radical (unpaired) electrons. The number of aryl methyl sites for hydroxylation is 2. The van der Waals surface area contributed by atoms with Crippen LogP contribution in [0.4, 0.5) is 11.6 Å². The van der Waals surface area contributed by atoms with E-state index in [4.69, 9.17) is 0 Å². The van der Waals surface area contributed by atoms with Gasteiger partial charge in [-0.2, -0.15) is 0 Å². The molecular formula is C14H18BrN3. The molecular weight excluding hydrogens is 290 g/mol. The number of imidazole rings is 1. The number of unbranched alkanes of at least 4 members (excludes halogenated alkanes) is 1. The largest absolute Gasteiger partial charge is 0.326 e. The zero-order valence-corrected chi connectivity index (χ0v) is 12.4. The van der Waals surface area contributed by atoms with Gasteiger partial charge in [-0.15, -0.1) is 0 Å². The lowest BCUT2D eigenvalue weighted by Crippen LogP contribution is -2.03. The maximum absolute atomic E-state index is 4.52. The number of hydrogen-bond acceptors (Lipinski definition) is 2. The molecule has 1 N–H and O–H groups in total. The van der Waals surface area contributed by atoms with Gasteiger partial charge in [-0.1, -0.05) is 29.3 Å². The number of anilines is 2. The summed E-state index contributed by atoms with van der Waals surface area (Å²) in [5, 5.41) is 3.36. The summed E-state index contributed by atoms with van der Waals surface area (Å²) >= 11 is 3.44. The van der Waals surface area contributed by atoms with Crippen molar-refractivity contribution in [2.45, 2.75) is 33.2 Å². The maximum Gasteiger partial charge on any atom is 0.207 e. The zero-order chi connectivity index (χ0) is 13.0. The van der Waals surface area contributed by atoms with E-state index in [1.54, 1.807) is 0 Å². The summed E-state index contributed by atoms with van der Waals surface area (Å²) in [6.07, 6.45) is 4.45. The van der Waals surface area contributed by atoms with Gasteiger partial charge in [-0.05, 0) is 37.6 Å². The van der Waals surface area contributed by atoms with E-state index in [0.29, 0.717) is 0 Å². The van der Waals surface area contributed by atoms with Crippen molar-refractivity contribution in [3.8, 4) is 0 Å². The Kier molecular flexibility index (Phi) is 4.42. The second-order valence-corrected chi connectivity index (χ2v) is 5.30. The van der Waals surface area contributed by atoms with Crippen molar-refractivity contribution in [1.29, 1.82) is 0 Å². The van der Waals surface area contributed by atoms with E-state index < -0.39 is 0 Å². The highest BCUT2D eigenvalue weighted by atomic mass is 79.9. The molecule has 0 saturated heterocycles. The van der Waals surface area contributed by atoms with E-state index in [9.17, 15) is 0 Å². The van der Waals surface area contributed by atoms with Crippen molar-refractivity contribution in [2.75, 3.05) is 5.32 Å². The van der Waals surface area contributed by atoms with Crippen LogP contribution in [0.5, 0.6) is 0 Å². The van der Waals surface area contributed by atoms with Gasteiger partial charge in [0.25, 0.3) is 0 Å². The van der Waals surface area contributed by atoms with Gasteiger partial charge in [0.15, 0.2) is 0 Å². The fourth-order valence-corrected chi connectivity index (χ4v) is 2.07. The molecule has 1 heterocycles.